The molecule has 0 saturated heterocycles. The fourth-order valence-corrected chi connectivity index (χ4v) is 2.83. The van der Waals surface area contributed by atoms with Gasteiger partial charge in [-0.15, -0.1) is 0 Å². The minimum Gasteiger partial charge on any atom is -0.334 e. The zero-order chi connectivity index (χ0) is 15.0. The Morgan fingerprint density at radius 3 is 2.90 bits per heavy atom. The lowest BCUT2D eigenvalue weighted by atomic mass is 10.0. The largest absolute Gasteiger partial charge is 0.416 e. The van der Waals surface area contributed by atoms with Crippen molar-refractivity contribution in [2.75, 3.05) is 0 Å². The lowest BCUT2D eigenvalue weighted by molar-refractivity contribution is -0.137. The molecule has 2 aromatic rings. The van der Waals surface area contributed by atoms with E-state index in [-0.39, 0.29) is 0 Å². The quantitative estimate of drug-likeness (QED) is 0.816. The van der Waals surface area contributed by atoms with Crippen molar-refractivity contribution in [1.82, 2.24) is 9.55 Å². The Kier molecular flexibility index (Phi) is 3.51. The molecular weight excluding hydrogens is 277 g/mol. The van der Waals surface area contributed by atoms with Crippen molar-refractivity contribution < 1.29 is 13.2 Å². The Morgan fingerprint density at radius 1 is 1.33 bits per heavy atom. The maximum atomic E-state index is 12.7. The van der Waals surface area contributed by atoms with Gasteiger partial charge in [-0.2, -0.15) is 13.2 Å². The van der Waals surface area contributed by atoms with Crippen LogP contribution in [0.4, 0.5) is 13.2 Å². The van der Waals surface area contributed by atoms with Crippen LogP contribution in [-0.2, 0) is 25.6 Å². The van der Waals surface area contributed by atoms with Crippen LogP contribution in [0.3, 0.4) is 0 Å². The van der Waals surface area contributed by atoms with Crippen molar-refractivity contribution in [3.05, 3.63) is 53.1 Å². The molecule has 0 N–H and O–H groups in total. The zero-order valence-corrected chi connectivity index (χ0v) is 11.8. The molecule has 0 spiro atoms. The minimum absolute atomic E-state index is 0.443. The standard InChI is InChI=1S/C16H17F3N2/c1-11-5-6-15-20-14(10-21(15)9-11)8-12-3-2-4-13(7-12)16(17,18)19/h2-4,7,10-11H,5-6,8-9H2,1H3. The summed E-state index contributed by atoms with van der Waals surface area (Å²) >= 11 is 0. The van der Waals surface area contributed by atoms with Gasteiger partial charge in [-0.3, -0.25) is 0 Å². The van der Waals surface area contributed by atoms with E-state index in [9.17, 15) is 13.2 Å². The molecule has 0 saturated carbocycles. The molecule has 112 valence electrons. The second kappa shape index (κ2) is 5.20. The van der Waals surface area contributed by atoms with Crippen LogP contribution in [0.15, 0.2) is 30.5 Å². The van der Waals surface area contributed by atoms with Crippen LogP contribution in [0.2, 0.25) is 0 Å². The highest BCUT2D eigenvalue weighted by atomic mass is 19.4. The topological polar surface area (TPSA) is 17.8 Å². The first-order valence-electron chi connectivity index (χ1n) is 7.13. The number of nitrogens with zero attached hydrogens (tertiary/aromatic N) is 2. The summed E-state index contributed by atoms with van der Waals surface area (Å²) in [6, 6.07) is 5.48. The summed E-state index contributed by atoms with van der Waals surface area (Å²) in [5, 5.41) is 0. The summed E-state index contributed by atoms with van der Waals surface area (Å²) in [5.41, 5.74) is 0.893. The number of fused-ring (bicyclic) bond motifs is 1. The van der Waals surface area contributed by atoms with Gasteiger partial charge in [-0.05, 0) is 24.0 Å². The highest BCUT2D eigenvalue weighted by molar-refractivity contribution is 5.28. The third kappa shape index (κ3) is 3.12. The molecule has 2 nitrogen and oxygen atoms in total. The van der Waals surface area contributed by atoms with Gasteiger partial charge in [0.05, 0.1) is 11.3 Å². The Morgan fingerprint density at radius 2 is 2.14 bits per heavy atom. The van der Waals surface area contributed by atoms with Gasteiger partial charge in [0.25, 0.3) is 0 Å². The zero-order valence-electron chi connectivity index (χ0n) is 11.8. The number of hydrogen-bond acceptors (Lipinski definition) is 1. The van der Waals surface area contributed by atoms with Gasteiger partial charge >= 0.3 is 6.18 Å². The van der Waals surface area contributed by atoms with Crippen LogP contribution in [0.1, 0.15) is 36.0 Å². The third-order valence-electron chi connectivity index (χ3n) is 3.92. The number of imidazole rings is 1. The second-order valence-electron chi connectivity index (χ2n) is 5.82. The van der Waals surface area contributed by atoms with E-state index in [0.717, 1.165) is 37.0 Å². The highest BCUT2D eigenvalue weighted by Crippen LogP contribution is 2.30. The summed E-state index contributed by atoms with van der Waals surface area (Å²) in [5.74, 6) is 1.68. The van der Waals surface area contributed by atoms with Gasteiger partial charge < -0.3 is 4.57 Å². The van der Waals surface area contributed by atoms with Crippen molar-refractivity contribution in [2.24, 2.45) is 5.92 Å². The average Bonchev–Trinajstić information content (AvgIpc) is 2.79. The normalized spacial score (nSPS) is 18.6. The maximum absolute atomic E-state index is 12.7. The summed E-state index contributed by atoms with van der Waals surface area (Å²) < 4.78 is 40.3. The lowest BCUT2D eigenvalue weighted by Crippen LogP contribution is -2.17. The van der Waals surface area contributed by atoms with Crippen molar-refractivity contribution in [2.45, 2.75) is 38.9 Å². The number of alkyl halides is 3. The van der Waals surface area contributed by atoms with Crippen LogP contribution < -0.4 is 0 Å². The second-order valence-corrected chi connectivity index (χ2v) is 5.82. The molecule has 1 aliphatic rings. The Labute approximate surface area is 121 Å². The fraction of sp³-hybridized carbons (Fsp3) is 0.438. The molecule has 0 amide bonds. The highest BCUT2D eigenvalue weighted by Gasteiger charge is 2.30. The molecule has 1 aliphatic heterocycles. The van der Waals surface area contributed by atoms with Gasteiger partial charge in [0, 0.05) is 25.6 Å². The van der Waals surface area contributed by atoms with Crippen molar-refractivity contribution >= 4 is 0 Å². The van der Waals surface area contributed by atoms with Crippen LogP contribution in [0.25, 0.3) is 0 Å². The van der Waals surface area contributed by atoms with E-state index in [1.807, 2.05) is 6.20 Å². The molecule has 5 heteroatoms. The third-order valence-corrected chi connectivity index (χ3v) is 3.92. The van der Waals surface area contributed by atoms with E-state index in [2.05, 4.69) is 16.5 Å². The molecule has 1 atom stereocenters. The van der Waals surface area contributed by atoms with E-state index >= 15 is 0 Å². The molecule has 0 fully saturated rings. The number of hydrogen-bond donors (Lipinski definition) is 0. The van der Waals surface area contributed by atoms with Gasteiger partial charge in [0.2, 0.25) is 0 Å². The summed E-state index contributed by atoms with van der Waals surface area (Å²) in [6.07, 6.45) is 0.201. The van der Waals surface area contributed by atoms with Crippen LogP contribution in [0, 0.1) is 5.92 Å². The number of benzene rings is 1. The van der Waals surface area contributed by atoms with Crippen LogP contribution in [-0.4, -0.2) is 9.55 Å². The van der Waals surface area contributed by atoms with Crippen molar-refractivity contribution in [1.29, 1.82) is 0 Å². The van der Waals surface area contributed by atoms with Crippen molar-refractivity contribution in [3.63, 3.8) is 0 Å². The van der Waals surface area contributed by atoms with E-state index in [0.29, 0.717) is 17.9 Å². The SMILES string of the molecule is CC1CCc2nc(Cc3cccc(C(F)(F)F)c3)cn2C1. The molecule has 3 rings (SSSR count). The van der Waals surface area contributed by atoms with E-state index in [4.69, 9.17) is 0 Å². The summed E-state index contributed by atoms with van der Waals surface area (Å²) in [6.45, 7) is 3.15. The molecule has 0 bridgehead atoms. The first-order valence-corrected chi connectivity index (χ1v) is 7.13. The Balaban J connectivity index is 1.81. The molecule has 21 heavy (non-hydrogen) atoms. The molecular formula is C16H17F3N2. The Hall–Kier alpha value is -1.78. The molecule has 1 aromatic heterocycles. The molecule has 1 aromatic carbocycles. The smallest absolute Gasteiger partial charge is 0.334 e. The predicted molar refractivity (Wildman–Crippen MR) is 74.0 cm³/mol. The number of rotatable bonds is 2. The molecule has 0 aliphatic carbocycles. The van der Waals surface area contributed by atoms with Crippen LogP contribution in [0.5, 0.6) is 0 Å². The number of aryl methyl sites for hydroxylation is 1. The van der Waals surface area contributed by atoms with Gasteiger partial charge in [-0.25, -0.2) is 4.98 Å². The molecule has 2 heterocycles. The fourth-order valence-electron chi connectivity index (χ4n) is 2.83. The first kappa shape index (κ1) is 14.2. The summed E-state index contributed by atoms with van der Waals surface area (Å²) in [4.78, 5) is 4.55. The van der Waals surface area contributed by atoms with Crippen molar-refractivity contribution in [3.8, 4) is 0 Å². The van der Waals surface area contributed by atoms with Gasteiger partial charge in [0.1, 0.15) is 5.82 Å². The Bertz CT molecular complexity index is 643. The number of halogens is 3. The molecule has 1 unspecified atom stereocenters. The van der Waals surface area contributed by atoms with E-state index in [1.165, 1.54) is 12.1 Å². The average molecular weight is 294 g/mol. The van der Waals surface area contributed by atoms with Gasteiger partial charge in [0.15, 0.2) is 0 Å². The van der Waals surface area contributed by atoms with E-state index in [1.54, 1.807) is 6.07 Å². The monoisotopic (exact) mass is 294 g/mol. The van der Waals surface area contributed by atoms with Crippen LogP contribution >= 0.6 is 0 Å². The maximum Gasteiger partial charge on any atom is 0.416 e. The number of aromatic nitrogens is 2. The van der Waals surface area contributed by atoms with Gasteiger partial charge in [-0.1, -0.05) is 25.1 Å². The van der Waals surface area contributed by atoms with E-state index < -0.39 is 11.7 Å². The predicted octanol–water partition coefficient (Wildman–Crippen LogP) is 4.08. The summed E-state index contributed by atoms with van der Waals surface area (Å²) in [7, 11) is 0. The lowest BCUT2D eigenvalue weighted by Gasteiger charge is -2.19. The molecule has 0 radical (unpaired) electrons. The minimum atomic E-state index is -4.29. The first-order chi connectivity index (χ1) is 9.91.